The van der Waals surface area contributed by atoms with Crippen molar-refractivity contribution in [1.82, 2.24) is 4.98 Å². The summed E-state index contributed by atoms with van der Waals surface area (Å²) in [5.74, 6) is 0.791. The van der Waals surface area contributed by atoms with Crippen LogP contribution in [0.15, 0.2) is 42.5 Å². The van der Waals surface area contributed by atoms with E-state index < -0.39 is 0 Å². The molecule has 1 aromatic heterocycles. The number of halogens is 1. The number of nitrogens with zero attached hydrogens (tertiary/aromatic N) is 1. The van der Waals surface area contributed by atoms with Gasteiger partial charge in [-0.3, -0.25) is 0 Å². The maximum atomic E-state index is 5.93. The van der Waals surface area contributed by atoms with Crippen LogP contribution in [0.4, 0.5) is 0 Å². The van der Waals surface area contributed by atoms with E-state index in [-0.39, 0.29) is 12.2 Å². The molecule has 0 amide bonds. The van der Waals surface area contributed by atoms with Crippen molar-refractivity contribution in [3.05, 3.63) is 58.9 Å². The predicted molar refractivity (Wildman–Crippen MR) is 82.7 cm³/mol. The Hall–Kier alpha value is -1.58. The van der Waals surface area contributed by atoms with Gasteiger partial charge in [-0.05, 0) is 12.5 Å². The molecule has 1 aromatic carbocycles. The second-order valence-electron chi connectivity index (χ2n) is 5.40. The molecule has 21 heavy (non-hydrogen) atoms. The van der Waals surface area contributed by atoms with Crippen LogP contribution in [-0.2, 0) is 11.3 Å². The standard InChI is InChI=1S/C17H18ClNO2/c1-12-7-15(10-17(18)19-12)21-16-8-14(9-16)20-11-13-5-3-2-4-6-13/h2-7,10,14,16H,8-9,11H2,1H3. The predicted octanol–water partition coefficient (Wildman–Crippen LogP) is 4.17. The molecule has 0 N–H and O–H groups in total. The van der Waals surface area contributed by atoms with Crippen LogP contribution in [-0.4, -0.2) is 17.2 Å². The van der Waals surface area contributed by atoms with Crippen LogP contribution in [0.3, 0.4) is 0 Å². The van der Waals surface area contributed by atoms with Gasteiger partial charge in [-0.1, -0.05) is 41.9 Å². The molecule has 4 heteroatoms. The zero-order chi connectivity index (χ0) is 14.7. The third-order valence-corrected chi connectivity index (χ3v) is 3.77. The monoisotopic (exact) mass is 303 g/mol. The third kappa shape index (κ3) is 3.96. The summed E-state index contributed by atoms with van der Waals surface area (Å²) in [7, 11) is 0. The van der Waals surface area contributed by atoms with Crippen LogP contribution in [0.2, 0.25) is 5.15 Å². The molecule has 0 saturated heterocycles. The SMILES string of the molecule is Cc1cc(OC2CC(OCc3ccccc3)C2)cc(Cl)n1. The number of hydrogen-bond acceptors (Lipinski definition) is 3. The summed E-state index contributed by atoms with van der Waals surface area (Å²) in [5, 5.41) is 0.473. The first-order valence-electron chi connectivity index (χ1n) is 7.15. The van der Waals surface area contributed by atoms with Gasteiger partial charge in [0, 0.05) is 30.7 Å². The molecule has 2 aromatic rings. The van der Waals surface area contributed by atoms with Crippen molar-refractivity contribution >= 4 is 11.6 Å². The molecule has 0 radical (unpaired) electrons. The highest BCUT2D eigenvalue weighted by Crippen LogP contribution is 2.30. The van der Waals surface area contributed by atoms with Crippen LogP contribution in [0.25, 0.3) is 0 Å². The van der Waals surface area contributed by atoms with Crippen molar-refractivity contribution in [3.63, 3.8) is 0 Å². The van der Waals surface area contributed by atoms with E-state index in [4.69, 9.17) is 21.1 Å². The molecule has 0 spiro atoms. The molecule has 3 nitrogen and oxygen atoms in total. The van der Waals surface area contributed by atoms with Crippen molar-refractivity contribution in [3.8, 4) is 5.75 Å². The van der Waals surface area contributed by atoms with Gasteiger partial charge in [0.25, 0.3) is 0 Å². The number of hydrogen-bond donors (Lipinski definition) is 0. The summed E-state index contributed by atoms with van der Waals surface area (Å²) in [4.78, 5) is 4.12. The van der Waals surface area contributed by atoms with Crippen molar-refractivity contribution in [1.29, 1.82) is 0 Å². The molecule has 0 unspecified atom stereocenters. The summed E-state index contributed by atoms with van der Waals surface area (Å²) >= 11 is 5.93. The Balaban J connectivity index is 1.43. The molecule has 0 atom stereocenters. The molecule has 1 aliphatic carbocycles. The van der Waals surface area contributed by atoms with E-state index in [0.717, 1.165) is 24.3 Å². The summed E-state index contributed by atoms with van der Waals surface area (Å²) in [6.07, 6.45) is 2.34. The summed E-state index contributed by atoms with van der Waals surface area (Å²) in [5.41, 5.74) is 2.08. The third-order valence-electron chi connectivity index (χ3n) is 3.58. The van der Waals surface area contributed by atoms with Gasteiger partial charge < -0.3 is 9.47 Å². The molecule has 1 heterocycles. The summed E-state index contributed by atoms with van der Waals surface area (Å²) in [6, 6.07) is 13.9. The fourth-order valence-electron chi connectivity index (χ4n) is 2.40. The molecule has 1 fully saturated rings. The summed E-state index contributed by atoms with van der Waals surface area (Å²) in [6.45, 7) is 2.57. The van der Waals surface area contributed by atoms with Crippen molar-refractivity contribution in [2.45, 2.75) is 38.6 Å². The minimum Gasteiger partial charge on any atom is -0.490 e. The molecular formula is C17H18ClNO2. The zero-order valence-electron chi connectivity index (χ0n) is 12.0. The van der Waals surface area contributed by atoms with Gasteiger partial charge in [0.15, 0.2) is 0 Å². The first kappa shape index (κ1) is 14.4. The number of aromatic nitrogens is 1. The van der Waals surface area contributed by atoms with E-state index in [1.54, 1.807) is 6.07 Å². The Morgan fingerprint density at radius 2 is 1.90 bits per heavy atom. The highest BCUT2D eigenvalue weighted by molar-refractivity contribution is 6.29. The van der Waals surface area contributed by atoms with E-state index in [1.807, 2.05) is 31.2 Å². The molecule has 0 bridgehead atoms. The van der Waals surface area contributed by atoms with Crippen molar-refractivity contribution in [2.24, 2.45) is 0 Å². The topological polar surface area (TPSA) is 31.4 Å². The van der Waals surface area contributed by atoms with E-state index in [2.05, 4.69) is 17.1 Å². The lowest BCUT2D eigenvalue weighted by atomic mass is 9.92. The van der Waals surface area contributed by atoms with Crippen molar-refractivity contribution < 1.29 is 9.47 Å². The number of ether oxygens (including phenoxy) is 2. The lowest BCUT2D eigenvalue weighted by Crippen LogP contribution is -2.39. The molecule has 1 aliphatic rings. The fraction of sp³-hybridized carbons (Fsp3) is 0.353. The van der Waals surface area contributed by atoms with E-state index in [1.165, 1.54) is 5.56 Å². The van der Waals surface area contributed by atoms with Crippen LogP contribution in [0.1, 0.15) is 24.1 Å². The first-order chi connectivity index (χ1) is 10.2. The average Bonchev–Trinajstić information content (AvgIpc) is 2.41. The lowest BCUT2D eigenvalue weighted by molar-refractivity contribution is -0.0683. The number of benzene rings is 1. The van der Waals surface area contributed by atoms with Gasteiger partial charge in [0.05, 0.1) is 12.7 Å². The minimum absolute atomic E-state index is 0.212. The van der Waals surface area contributed by atoms with E-state index in [9.17, 15) is 0 Å². The molecule has 1 saturated carbocycles. The van der Waals surface area contributed by atoms with Gasteiger partial charge in [-0.2, -0.15) is 0 Å². The van der Waals surface area contributed by atoms with E-state index in [0.29, 0.717) is 11.8 Å². The zero-order valence-corrected chi connectivity index (χ0v) is 12.7. The molecular weight excluding hydrogens is 286 g/mol. The first-order valence-corrected chi connectivity index (χ1v) is 7.53. The van der Waals surface area contributed by atoms with Crippen molar-refractivity contribution in [2.75, 3.05) is 0 Å². The normalized spacial score (nSPS) is 20.9. The maximum absolute atomic E-state index is 5.93. The Morgan fingerprint density at radius 1 is 1.14 bits per heavy atom. The Bertz CT molecular complexity index is 577. The molecule has 0 aliphatic heterocycles. The molecule has 3 rings (SSSR count). The summed E-state index contributed by atoms with van der Waals surface area (Å²) < 4.78 is 11.8. The second kappa shape index (κ2) is 6.46. The number of pyridine rings is 1. The Morgan fingerprint density at radius 3 is 2.62 bits per heavy atom. The van der Waals surface area contributed by atoms with Gasteiger partial charge in [0.2, 0.25) is 0 Å². The maximum Gasteiger partial charge on any atom is 0.133 e. The smallest absolute Gasteiger partial charge is 0.133 e. The van der Waals surface area contributed by atoms with Crippen LogP contribution >= 0.6 is 11.6 Å². The van der Waals surface area contributed by atoms with Crippen LogP contribution < -0.4 is 4.74 Å². The van der Waals surface area contributed by atoms with Crippen LogP contribution in [0.5, 0.6) is 5.75 Å². The number of rotatable bonds is 5. The second-order valence-corrected chi connectivity index (χ2v) is 5.78. The lowest BCUT2D eigenvalue weighted by Gasteiger charge is -2.35. The van der Waals surface area contributed by atoms with Gasteiger partial charge in [-0.15, -0.1) is 0 Å². The van der Waals surface area contributed by atoms with Crippen LogP contribution in [0, 0.1) is 6.92 Å². The van der Waals surface area contributed by atoms with Gasteiger partial charge in [0.1, 0.15) is 17.0 Å². The number of aryl methyl sites for hydroxylation is 1. The Kier molecular flexibility index (Phi) is 4.42. The quantitative estimate of drug-likeness (QED) is 0.777. The Labute approximate surface area is 129 Å². The van der Waals surface area contributed by atoms with Gasteiger partial charge >= 0.3 is 0 Å². The van der Waals surface area contributed by atoms with Gasteiger partial charge in [-0.25, -0.2) is 4.98 Å². The average molecular weight is 304 g/mol. The molecule has 110 valence electrons. The minimum atomic E-state index is 0.212. The highest BCUT2D eigenvalue weighted by atomic mass is 35.5. The highest BCUT2D eigenvalue weighted by Gasteiger charge is 2.31. The fourth-order valence-corrected chi connectivity index (χ4v) is 2.64. The largest absolute Gasteiger partial charge is 0.490 e. The van der Waals surface area contributed by atoms with E-state index >= 15 is 0 Å².